The van der Waals surface area contributed by atoms with E-state index in [9.17, 15) is 14.9 Å². The number of carbonyl (C=O) groups is 1. The van der Waals surface area contributed by atoms with Crippen LogP contribution in [-0.2, 0) is 0 Å². The number of anilines is 1. The lowest BCUT2D eigenvalue weighted by atomic mass is 10.1. The molecule has 1 atom stereocenters. The Balaban J connectivity index is 2.21. The van der Waals surface area contributed by atoms with Crippen LogP contribution in [0.25, 0.3) is 0 Å². The number of benzene rings is 1. The van der Waals surface area contributed by atoms with Gasteiger partial charge in [-0.25, -0.2) is 4.79 Å². The number of likely N-dealkylation sites (N-methyl/N-ethyl adjacent to an activating group) is 2. The van der Waals surface area contributed by atoms with Crippen molar-refractivity contribution in [1.29, 1.82) is 0 Å². The molecular weight excluding hydrogens is 274 g/mol. The van der Waals surface area contributed by atoms with Crippen LogP contribution in [-0.4, -0.2) is 54.1 Å². The predicted octanol–water partition coefficient (Wildman–Crippen LogP) is 1.82. The lowest BCUT2D eigenvalue weighted by molar-refractivity contribution is -0.385. The minimum Gasteiger partial charge on any atom is -0.477 e. The van der Waals surface area contributed by atoms with E-state index in [0.717, 1.165) is 25.9 Å². The van der Waals surface area contributed by atoms with E-state index in [1.54, 1.807) is 6.07 Å². The van der Waals surface area contributed by atoms with Crippen LogP contribution in [0.5, 0.6) is 0 Å². The van der Waals surface area contributed by atoms with Crippen molar-refractivity contribution in [3.05, 3.63) is 33.9 Å². The highest BCUT2D eigenvalue weighted by molar-refractivity contribution is 5.93. The smallest absolute Gasteiger partial charge is 0.342 e. The highest BCUT2D eigenvalue weighted by Crippen LogP contribution is 2.26. The molecule has 0 bridgehead atoms. The lowest BCUT2D eigenvalue weighted by Crippen LogP contribution is -2.36. The van der Waals surface area contributed by atoms with E-state index in [1.807, 2.05) is 11.9 Å². The zero-order valence-corrected chi connectivity index (χ0v) is 12.2. The van der Waals surface area contributed by atoms with Gasteiger partial charge < -0.3 is 14.9 Å². The maximum atomic E-state index is 11.0. The van der Waals surface area contributed by atoms with Gasteiger partial charge in [-0.2, -0.15) is 0 Å². The topological polar surface area (TPSA) is 86.9 Å². The number of rotatable bonds is 5. The number of carboxylic acids is 1. The summed E-state index contributed by atoms with van der Waals surface area (Å²) in [5.74, 6) is -1.29. The van der Waals surface area contributed by atoms with Crippen LogP contribution in [0.2, 0.25) is 0 Å². The molecule has 7 nitrogen and oxygen atoms in total. The van der Waals surface area contributed by atoms with Crippen molar-refractivity contribution in [3.8, 4) is 0 Å². The van der Waals surface area contributed by atoms with Gasteiger partial charge in [-0.3, -0.25) is 10.1 Å². The molecule has 0 aromatic heterocycles. The first-order valence-corrected chi connectivity index (χ1v) is 6.83. The third-order valence-corrected chi connectivity index (χ3v) is 4.01. The van der Waals surface area contributed by atoms with E-state index in [4.69, 9.17) is 5.11 Å². The van der Waals surface area contributed by atoms with Gasteiger partial charge in [-0.1, -0.05) is 0 Å². The van der Waals surface area contributed by atoms with E-state index >= 15 is 0 Å². The number of nitro benzene ring substituents is 1. The molecule has 0 spiro atoms. The Morgan fingerprint density at radius 2 is 2.29 bits per heavy atom. The molecule has 1 aromatic rings. The van der Waals surface area contributed by atoms with Gasteiger partial charge in [0.05, 0.1) is 4.92 Å². The highest BCUT2D eigenvalue weighted by atomic mass is 16.6. The van der Waals surface area contributed by atoms with Gasteiger partial charge in [-0.15, -0.1) is 0 Å². The molecule has 1 aliphatic heterocycles. The molecule has 0 amide bonds. The summed E-state index contributed by atoms with van der Waals surface area (Å²) in [7, 11) is 3.94. The van der Waals surface area contributed by atoms with Gasteiger partial charge in [0.15, 0.2) is 0 Å². The van der Waals surface area contributed by atoms with Crippen molar-refractivity contribution in [2.75, 3.05) is 32.1 Å². The molecule has 0 radical (unpaired) electrons. The molecule has 7 heteroatoms. The fraction of sp³-hybridized carbons (Fsp3) is 0.500. The summed E-state index contributed by atoms with van der Waals surface area (Å²) in [5, 5.41) is 20.0. The van der Waals surface area contributed by atoms with Crippen molar-refractivity contribution in [1.82, 2.24) is 4.90 Å². The minimum absolute atomic E-state index is 0.282. The summed E-state index contributed by atoms with van der Waals surface area (Å²) in [4.78, 5) is 25.6. The largest absolute Gasteiger partial charge is 0.477 e. The summed E-state index contributed by atoms with van der Waals surface area (Å²) in [6.45, 7) is 1.83. The monoisotopic (exact) mass is 293 g/mol. The number of carboxylic acid groups (broad SMARTS) is 1. The van der Waals surface area contributed by atoms with Gasteiger partial charge >= 0.3 is 5.97 Å². The summed E-state index contributed by atoms with van der Waals surface area (Å²) < 4.78 is 0. The first-order chi connectivity index (χ1) is 9.90. The second-order valence-corrected chi connectivity index (χ2v) is 5.42. The van der Waals surface area contributed by atoms with Gasteiger partial charge in [0.25, 0.3) is 5.69 Å². The van der Waals surface area contributed by atoms with Gasteiger partial charge in [0, 0.05) is 31.4 Å². The molecule has 1 aromatic carbocycles. The Labute approximate surface area is 122 Å². The number of hydrogen-bond donors (Lipinski definition) is 1. The van der Waals surface area contributed by atoms with Crippen LogP contribution in [0.4, 0.5) is 11.4 Å². The minimum atomic E-state index is -1.29. The molecule has 0 aliphatic carbocycles. The average molecular weight is 293 g/mol. The molecule has 21 heavy (non-hydrogen) atoms. The molecule has 114 valence electrons. The van der Waals surface area contributed by atoms with Crippen LogP contribution >= 0.6 is 0 Å². The van der Waals surface area contributed by atoms with Gasteiger partial charge in [0.1, 0.15) is 5.56 Å². The third-order valence-electron chi connectivity index (χ3n) is 4.01. The molecule has 2 rings (SSSR count). The number of aromatic carboxylic acids is 1. The van der Waals surface area contributed by atoms with Crippen LogP contribution in [0.1, 0.15) is 23.2 Å². The maximum absolute atomic E-state index is 11.0. The molecule has 1 saturated heterocycles. The zero-order chi connectivity index (χ0) is 15.6. The lowest BCUT2D eigenvalue weighted by Gasteiger charge is -2.27. The fourth-order valence-corrected chi connectivity index (χ4v) is 2.72. The molecule has 0 saturated carbocycles. The van der Waals surface area contributed by atoms with E-state index in [0.29, 0.717) is 11.7 Å². The summed E-state index contributed by atoms with van der Waals surface area (Å²) >= 11 is 0. The van der Waals surface area contributed by atoms with E-state index in [-0.39, 0.29) is 11.3 Å². The third kappa shape index (κ3) is 3.30. The summed E-state index contributed by atoms with van der Waals surface area (Å²) in [6.07, 6.45) is 2.27. The normalized spacial score (nSPS) is 18.7. The van der Waals surface area contributed by atoms with Crippen molar-refractivity contribution in [2.45, 2.75) is 18.9 Å². The zero-order valence-electron chi connectivity index (χ0n) is 12.2. The standard InChI is InChI=1S/C14H19N3O4/c1-15-7-3-4-11(15)9-16(2)10-5-6-12(14(18)19)13(8-10)17(20)21/h5-6,8,11H,3-4,7,9H2,1-2H3,(H,18,19). The Morgan fingerprint density at radius 1 is 1.57 bits per heavy atom. The quantitative estimate of drug-likeness (QED) is 0.658. The Kier molecular flexibility index (Phi) is 4.42. The van der Waals surface area contributed by atoms with Crippen LogP contribution < -0.4 is 4.90 Å². The SMILES string of the molecule is CN(CC1CCCN1C)c1ccc(C(=O)O)c([N+](=O)[O-])c1. The fourth-order valence-electron chi connectivity index (χ4n) is 2.72. The van der Waals surface area contributed by atoms with E-state index in [1.165, 1.54) is 12.1 Å². The maximum Gasteiger partial charge on any atom is 0.342 e. The Morgan fingerprint density at radius 3 is 2.81 bits per heavy atom. The Hall–Kier alpha value is -2.15. The Bertz CT molecular complexity index is 561. The molecule has 1 heterocycles. The van der Waals surface area contributed by atoms with Crippen LogP contribution in [0.15, 0.2) is 18.2 Å². The molecule has 1 aliphatic rings. The second-order valence-electron chi connectivity index (χ2n) is 5.42. The molecule has 1 unspecified atom stereocenters. The van der Waals surface area contributed by atoms with Crippen LogP contribution in [0.3, 0.4) is 0 Å². The summed E-state index contributed by atoms with van der Waals surface area (Å²) in [5.41, 5.74) is 0.00811. The van der Waals surface area contributed by atoms with Crippen LogP contribution in [0, 0.1) is 10.1 Å². The number of hydrogen-bond acceptors (Lipinski definition) is 5. The van der Waals surface area contributed by atoms with Crippen molar-refractivity contribution in [3.63, 3.8) is 0 Å². The van der Waals surface area contributed by atoms with Crippen molar-refractivity contribution < 1.29 is 14.8 Å². The first kappa shape index (κ1) is 15.2. The number of nitro groups is 1. The van der Waals surface area contributed by atoms with Crippen molar-refractivity contribution in [2.24, 2.45) is 0 Å². The van der Waals surface area contributed by atoms with E-state index < -0.39 is 10.9 Å². The van der Waals surface area contributed by atoms with Gasteiger partial charge in [0.2, 0.25) is 0 Å². The second kappa shape index (κ2) is 6.09. The molecular formula is C14H19N3O4. The van der Waals surface area contributed by atoms with Gasteiger partial charge in [-0.05, 0) is 38.6 Å². The average Bonchev–Trinajstić information content (AvgIpc) is 2.83. The van der Waals surface area contributed by atoms with E-state index in [2.05, 4.69) is 11.9 Å². The predicted molar refractivity (Wildman–Crippen MR) is 79.0 cm³/mol. The molecule has 1 N–H and O–H groups in total. The highest BCUT2D eigenvalue weighted by Gasteiger charge is 2.24. The van der Waals surface area contributed by atoms with Crippen molar-refractivity contribution >= 4 is 17.3 Å². The number of likely N-dealkylation sites (tertiary alicyclic amines) is 1. The first-order valence-electron chi connectivity index (χ1n) is 6.83. The molecule has 1 fully saturated rings. The summed E-state index contributed by atoms with van der Waals surface area (Å²) in [6, 6.07) is 4.67. The number of nitrogens with zero attached hydrogens (tertiary/aromatic N) is 3.